The quantitative estimate of drug-likeness (QED) is 0.812. The van der Waals surface area contributed by atoms with Gasteiger partial charge in [0, 0.05) is 26.6 Å². The summed E-state index contributed by atoms with van der Waals surface area (Å²) in [4.78, 5) is 13.8. The summed E-state index contributed by atoms with van der Waals surface area (Å²) in [6.07, 6.45) is 2.25. The Kier molecular flexibility index (Phi) is 5.65. The van der Waals surface area contributed by atoms with Crippen molar-refractivity contribution < 1.29 is 4.79 Å². The molecule has 0 aromatic heterocycles. The lowest BCUT2D eigenvalue weighted by molar-refractivity contribution is -0.116. The Morgan fingerprint density at radius 1 is 1.39 bits per heavy atom. The van der Waals surface area contributed by atoms with Crippen LogP contribution in [0.2, 0.25) is 0 Å². The zero-order chi connectivity index (χ0) is 13.5. The number of hydrogen-bond acceptors (Lipinski definition) is 3. The van der Waals surface area contributed by atoms with Gasteiger partial charge in [-0.05, 0) is 18.6 Å². The van der Waals surface area contributed by atoms with Gasteiger partial charge in [0.1, 0.15) is 0 Å². The minimum atomic E-state index is -0.0541. The van der Waals surface area contributed by atoms with Crippen molar-refractivity contribution >= 4 is 17.3 Å². The van der Waals surface area contributed by atoms with Gasteiger partial charge in [0.25, 0.3) is 0 Å². The van der Waals surface area contributed by atoms with Crippen LogP contribution in [0.3, 0.4) is 0 Å². The fourth-order valence-electron chi connectivity index (χ4n) is 1.88. The number of nitrogens with one attached hydrogen (secondary N) is 1. The predicted molar refractivity (Wildman–Crippen MR) is 76.9 cm³/mol. The average Bonchev–Trinajstić information content (AvgIpc) is 2.29. The number of nitrogens with zero attached hydrogens (tertiary/aromatic N) is 1. The van der Waals surface area contributed by atoms with Gasteiger partial charge in [0.2, 0.25) is 5.91 Å². The molecule has 1 unspecified atom stereocenters. The van der Waals surface area contributed by atoms with Crippen LogP contribution < -0.4 is 16.0 Å². The Hall–Kier alpha value is -1.55. The Morgan fingerprint density at radius 3 is 2.67 bits per heavy atom. The van der Waals surface area contributed by atoms with Gasteiger partial charge >= 0.3 is 0 Å². The van der Waals surface area contributed by atoms with E-state index in [1.165, 1.54) is 0 Å². The lowest BCUT2D eigenvalue weighted by Crippen LogP contribution is -2.27. The summed E-state index contributed by atoms with van der Waals surface area (Å²) in [5.74, 6) is -0.0229. The molecule has 1 aromatic carbocycles. The second-order valence-electron chi connectivity index (χ2n) is 4.71. The molecule has 0 aliphatic rings. The Labute approximate surface area is 109 Å². The molecular formula is C14H23N3O. The van der Waals surface area contributed by atoms with Gasteiger partial charge in [-0.25, -0.2) is 0 Å². The number of carbonyl (C=O) groups is 1. The number of amides is 1. The maximum absolute atomic E-state index is 11.9. The number of rotatable bonds is 6. The van der Waals surface area contributed by atoms with Crippen molar-refractivity contribution in [3.8, 4) is 0 Å². The normalized spacial score (nSPS) is 12.0. The highest BCUT2D eigenvalue weighted by Gasteiger charge is 2.11. The number of nitrogens with two attached hydrogens (primary N) is 1. The zero-order valence-electron chi connectivity index (χ0n) is 11.4. The first-order valence-corrected chi connectivity index (χ1v) is 6.36. The lowest BCUT2D eigenvalue weighted by atomic mass is 10.1. The third-order valence-corrected chi connectivity index (χ3v) is 2.77. The number of hydrogen-bond donors (Lipinski definition) is 2. The molecule has 0 aliphatic carbocycles. The molecule has 4 nitrogen and oxygen atoms in total. The summed E-state index contributed by atoms with van der Waals surface area (Å²) in [6, 6.07) is 7.68. The second kappa shape index (κ2) is 7.01. The molecular weight excluding hydrogens is 226 g/mol. The van der Waals surface area contributed by atoms with E-state index in [0.29, 0.717) is 6.42 Å². The second-order valence-corrected chi connectivity index (χ2v) is 4.71. The first-order valence-electron chi connectivity index (χ1n) is 6.36. The van der Waals surface area contributed by atoms with Gasteiger partial charge in [0.05, 0.1) is 11.4 Å². The molecule has 0 aliphatic heterocycles. The van der Waals surface area contributed by atoms with Gasteiger partial charge in [-0.3, -0.25) is 4.79 Å². The van der Waals surface area contributed by atoms with E-state index in [4.69, 9.17) is 5.73 Å². The number of para-hydroxylation sites is 2. The number of benzene rings is 1. The monoisotopic (exact) mass is 249 g/mol. The molecule has 100 valence electrons. The van der Waals surface area contributed by atoms with Crippen LogP contribution in [0, 0.1) is 0 Å². The minimum Gasteiger partial charge on any atom is -0.376 e. The zero-order valence-corrected chi connectivity index (χ0v) is 11.4. The average molecular weight is 249 g/mol. The first-order chi connectivity index (χ1) is 8.54. The van der Waals surface area contributed by atoms with E-state index in [9.17, 15) is 4.79 Å². The Balaban J connectivity index is 2.64. The largest absolute Gasteiger partial charge is 0.376 e. The maximum atomic E-state index is 11.9. The molecule has 0 radical (unpaired) electrons. The van der Waals surface area contributed by atoms with Crippen LogP contribution in [0.4, 0.5) is 11.4 Å². The van der Waals surface area contributed by atoms with E-state index in [-0.39, 0.29) is 11.9 Å². The third kappa shape index (κ3) is 4.37. The Bertz CT molecular complexity index is 390. The molecule has 1 atom stereocenters. The molecule has 0 spiro atoms. The van der Waals surface area contributed by atoms with Crippen molar-refractivity contribution in [3.05, 3.63) is 24.3 Å². The van der Waals surface area contributed by atoms with E-state index < -0.39 is 0 Å². The molecule has 0 fully saturated rings. The van der Waals surface area contributed by atoms with Gasteiger partial charge in [-0.2, -0.15) is 0 Å². The topological polar surface area (TPSA) is 58.4 Å². The van der Waals surface area contributed by atoms with Crippen molar-refractivity contribution in [2.24, 2.45) is 5.73 Å². The molecule has 0 saturated carbocycles. The summed E-state index contributed by atoms with van der Waals surface area (Å²) < 4.78 is 0. The standard InChI is InChI=1S/C14H23N3O/c1-4-7-11(15)10-14(18)16-12-8-5-6-9-13(12)17(2)3/h5-6,8-9,11H,4,7,10,15H2,1-3H3,(H,16,18). The Morgan fingerprint density at radius 2 is 2.06 bits per heavy atom. The lowest BCUT2D eigenvalue weighted by Gasteiger charge is -2.18. The van der Waals surface area contributed by atoms with Crippen LogP contribution in [0.25, 0.3) is 0 Å². The van der Waals surface area contributed by atoms with E-state index in [1.54, 1.807) is 0 Å². The molecule has 4 heteroatoms. The molecule has 18 heavy (non-hydrogen) atoms. The van der Waals surface area contributed by atoms with Gasteiger partial charge in [-0.1, -0.05) is 25.5 Å². The van der Waals surface area contributed by atoms with Crippen molar-refractivity contribution in [2.45, 2.75) is 32.2 Å². The van der Waals surface area contributed by atoms with Crippen molar-refractivity contribution in [1.29, 1.82) is 0 Å². The molecule has 1 amide bonds. The van der Waals surface area contributed by atoms with E-state index in [1.807, 2.05) is 43.3 Å². The number of carbonyl (C=O) groups excluding carboxylic acids is 1. The van der Waals surface area contributed by atoms with Crippen molar-refractivity contribution in [1.82, 2.24) is 0 Å². The van der Waals surface area contributed by atoms with Crippen LogP contribution in [0.5, 0.6) is 0 Å². The highest BCUT2D eigenvalue weighted by Crippen LogP contribution is 2.23. The summed E-state index contributed by atoms with van der Waals surface area (Å²) in [5.41, 5.74) is 7.69. The van der Waals surface area contributed by atoms with Crippen LogP contribution >= 0.6 is 0 Å². The first kappa shape index (κ1) is 14.5. The highest BCUT2D eigenvalue weighted by atomic mass is 16.1. The van der Waals surface area contributed by atoms with Crippen LogP contribution in [0.15, 0.2) is 24.3 Å². The highest BCUT2D eigenvalue weighted by molar-refractivity contribution is 5.94. The fourth-order valence-corrected chi connectivity index (χ4v) is 1.88. The van der Waals surface area contributed by atoms with Gasteiger partial charge in [-0.15, -0.1) is 0 Å². The van der Waals surface area contributed by atoms with Crippen LogP contribution in [-0.4, -0.2) is 26.0 Å². The summed E-state index contributed by atoms with van der Waals surface area (Å²) >= 11 is 0. The smallest absolute Gasteiger partial charge is 0.225 e. The van der Waals surface area contributed by atoms with Crippen LogP contribution in [-0.2, 0) is 4.79 Å². The van der Waals surface area contributed by atoms with E-state index in [0.717, 1.165) is 24.2 Å². The predicted octanol–water partition coefficient (Wildman–Crippen LogP) is 2.21. The number of anilines is 2. The third-order valence-electron chi connectivity index (χ3n) is 2.77. The molecule has 3 N–H and O–H groups in total. The van der Waals surface area contributed by atoms with Crippen LogP contribution in [0.1, 0.15) is 26.2 Å². The SMILES string of the molecule is CCCC(N)CC(=O)Nc1ccccc1N(C)C. The van der Waals surface area contributed by atoms with E-state index >= 15 is 0 Å². The molecule has 0 bridgehead atoms. The fraction of sp³-hybridized carbons (Fsp3) is 0.500. The van der Waals surface area contributed by atoms with Gasteiger partial charge in [0.15, 0.2) is 0 Å². The van der Waals surface area contributed by atoms with Crippen molar-refractivity contribution in [2.75, 3.05) is 24.3 Å². The molecule has 0 saturated heterocycles. The van der Waals surface area contributed by atoms with Crippen molar-refractivity contribution in [3.63, 3.8) is 0 Å². The minimum absolute atomic E-state index is 0.0229. The van der Waals surface area contributed by atoms with E-state index in [2.05, 4.69) is 12.2 Å². The molecule has 0 heterocycles. The maximum Gasteiger partial charge on any atom is 0.225 e. The molecule has 1 aromatic rings. The molecule has 1 rings (SSSR count). The van der Waals surface area contributed by atoms with Gasteiger partial charge < -0.3 is 16.0 Å². The summed E-state index contributed by atoms with van der Waals surface area (Å²) in [5, 5.41) is 2.92. The summed E-state index contributed by atoms with van der Waals surface area (Å²) in [6.45, 7) is 2.07. The summed E-state index contributed by atoms with van der Waals surface area (Å²) in [7, 11) is 3.90.